The van der Waals surface area contributed by atoms with E-state index in [-0.39, 0.29) is 5.78 Å². The predicted molar refractivity (Wildman–Crippen MR) is 60.2 cm³/mol. The van der Waals surface area contributed by atoms with Crippen LogP contribution in [0.25, 0.3) is 0 Å². The Labute approximate surface area is 90.2 Å². The average Bonchev–Trinajstić information content (AvgIpc) is 2.29. The van der Waals surface area contributed by atoms with Gasteiger partial charge in [0, 0.05) is 6.42 Å². The molecule has 0 aromatic heterocycles. The van der Waals surface area contributed by atoms with Crippen molar-refractivity contribution >= 4 is 5.78 Å². The first-order valence-corrected chi connectivity index (χ1v) is 5.16. The zero-order valence-corrected chi connectivity index (χ0v) is 9.03. The summed E-state index contributed by atoms with van der Waals surface area (Å²) in [5.41, 5.74) is 6.04. The number of Topliss-reactive ketones (excluding diaryl/α,β-unsaturated/α-hetero) is 1. The van der Waals surface area contributed by atoms with Gasteiger partial charge in [-0.25, -0.2) is 0 Å². The molecule has 3 nitrogen and oxygen atoms in total. The summed E-state index contributed by atoms with van der Waals surface area (Å²) in [7, 11) is 1.58. The second-order valence-corrected chi connectivity index (χ2v) is 3.37. The molecule has 0 aliphatic rings. The van der Waals surface area contributed by atoms with Crippen LogP contribution in [0, 0.1) is 0 Å². The molecule has 0 heterocycles. The van der Waals surface area contributed by atoms with Crippen molar-refractivity contribution < 1.29 is 9.53 Å². The van der Waals surface area contributed by atoms with E-state index in [0.29, 0.717) is 24.3 Å². The lowest BCUT2D eigenvalue weighted by atomic mass is 10.0. The maximum atomic E-state index is 11.8. The Kier molecular flexibility index (Phi) is 4.84. The highest BCUT2D eigenvalue weighted by Crippen LogP contribution is 2.19. The van der Waals surface area contributed by atoms with Crippen LogP contribution in [0.1, 0.15) is 29.6 Å². The van der Waals surface area contributed by atoms with Gasteiger partial charge in [0.2, 0.25) is 0 Å². The highest BCUT2D eigenvalue weighted by Gasteiger charge is 2.10. The number of hydrogen-bond donors (Lipinski definition) is 1. The monoisotopic (exact) mass is 207 g/mol. The SMILES string of the molecule is COc1ccccc1C(=O)CCCCN. The number of carbonyl (C=O) groups is 1. The Morgan fingerprint density at radius 3 is 2.73 bits per heavy atom. The summed E-state index contributed by atoms with van der Waals surface area (Å²) in [5.74, 6) is 0.774. The van der Waals surface area contributed by atoms with E-state index in [1.54, 1.807) is 19.2 Å². The Morgan fingerprint density at radius 1 is 1.33 bits per heavy atom. The van der Waals surface area contributed by atoms with E-state index in [2.05, 4.69) is 0 Å². The molecule has 3 heteroatoms. The van der Waals surface area contributed by atoms with Crippen LogP contribution in [-0.4, -0.2) is 19.4 Å². The third-order valence-electron chi connectivity index (χ3n) is 2.27. The molecule has 0 radical (unpaired) electrons. The van der Waals surface area contributed by atoms with E-state index in [4.69, 9.17) is 10.5 Å². The van der Waals surface area contributed by atoms with Crippen LogP contribution in [0.5, 0.6) is 5.75 Å². The summed E-state index contributed by atoms with van der Waals surface area (Å²) in [6.45, 7) is 0.638. The minimum Gasteiger partial charge on any atom is -0.496 e. The highest BCUT2D eigenvalue weighted by molar-refractivity contribution is 5.98. The second-order valence-electron chi connectivity index (χ2n) is 3.37. The van der Waals surface area contributed by atoms with Crippen molar-refractivity contribution in [2.45, 2.75) is 19.3 Å². The largest absolute Gasteiger partial charge is 0.496 e. The molecular weight excluding hydrogens is 190 g/mol. The Hall–Kier alpha value is -1.35. The summed E-state index contributed by atoms with van der Waals surface area (Å²) < 4.78 is 5.13. The minimum atomic E-state index is 0.126. The van der Waals surface area contributed by atoms with Crippen molar-refractivity contribution in [1.82, 2.24) is 0 Å². The quantitative estimate of drug-likeness (QED) is 0.573. The molecule has 0 aliphatic carbocycles. The average molecular weight is 207 g/mol. The van der Waals surface area contributed by atoms with Gasteiger partial charge in [0.05, 0.1) is 12.7 Å². The Morgan fingerprint density at radius 2 is 2.07 bits per heavy atom. The molecule has 82 valence electrons. The van der Waals surface area contributed by atoms with Crippen molar-refractivity contribution in [2.75, 3.05) is 13.7 Å². The lowest BCUT2D eigenvalue weighted by Gasteiger charge is -2.06. The van der Waals surface area contributed by atoms with Crippen molar-refractivity contribution in [3.63, 3.8) is 0 Å². The number of para-hydroxylation sites is 1. The van der Waals surface area contributed by atoms with Gasteiger partial charge in [0.25, 0.3) is 0 Å². The molecule has 1 aromatic carbocycles. The summed E-state index contributed by atoms with van der Waals surface area (Å²) in [5, 5.41) is 0. The number of benzene rings is 1. The molecule has 0 amide bonds. The fourth-order valence-electron chi connectivity index (χ4n) is 1.44. The van der Waals surface area contributed by atoms with Crippen LogP contribution < -0.4 is 10.5 Å². The Balaban J connectivity index is 2.64. The van der Waals surface area contributed by atoms with Gasteiger partial charge < -0.3 is 10.5 Å². The molecule has 0 saturated heterocycles. The molecule has 0 unspecified atom stereocenters. The van der Waals surface area contributed by atoms with Crippen LogP contribution in [0.3, 0.4) is 0 Å². The second kappa shape index (κ2) is 6.19. The zero-order chi connectivity index (χ0) is 11.1. The fraction of sp³-hybridized carbons (Fsp3) is 0.417. The molecule has 15 heavy (non-hydrogen) atoms. The van der Waals surface area contributed by atoms with Crippen LogP contribution >= 0.6 is 0 Å². The fourth-order valence-corrected chi connectivity index (χ4v) is 1.44. The first kappa shape index (κ1) is 11.7. The van der Waals surface area contributed by atoms with E-state index in [0.717, 1.165) is 12.8 Å². The third kappa shape index (κ3) is 3.36. The first-order valence-electron chi connectivity index (χ1n) is 5.16. The highest BCUT2D eigenvalue weighted by atomic mass is 16.5. The van der Waals surface area contributed by atoms with Gasteiger partial charge in [0.15, 0.2) is 5.78 Å². The maximum Gasteiger partial charge on any atom is 0.166 e. The van der Waals surface area contributed by atoms with Gasteiger partial charge in [-0.05, 0) is 31.5 Å². The van der Waals surface area contributed by atoms with E-state index < -0.39 is 0 Å². The van der Waals surface area contributed by atoms with E-state index in [9.17, 15) is 4.79 Å². The lowest BCUT2D eigenvalue weighted by molar-refractivity contribution is 0.0976. The van der Waals surface area contributed by atoms with Gasteiger partial charge >= 0.3 is 0 Å². The maximum absolute atomic E-state index is 11.8. The van der Waals surface area contributed by atoms with Gasteiger partial charge in [-0.2, -0.15) is 0 Å². The summed E-state index contributed by atoms with van der Waals surface area (Å²) >= 11 is 0. The standard InChI is InChI=1S/C12H17NO2/c1-15-12-8-3-2-6-10(12)11(14)7-4-5-9-13/h2-3,6,8H,4-5,7,9,13H2,1H3. The number of methoxy groups -OCH3 is 1. The number of carbonyl (C=O) groups excluding carboxylic acids is 1. The minimum absolute atomic E-state index is 0.126. The van der Waals surface area contributed by atoms with Crippen molar-refractivity contribution in [2.24, 2.45) is 5.73 Å². The van der Waals surface area contributed by atoms with Crippen molar-refractivity contribution in [1.29, 1.82) is 0 Å². The number of rotatable bonds is 6. The molecule has 1 aromatic rings. The molecule has 0 saturated carbocycles. The normalized spacial score (nSPS) is 10.0. The van der Waals surface area contributed by atoms with E-state index in [1.807, 2.05) is 12.1 Å². The molecule has 0 fully saturated rings. The third-order valence-corrected chi connectivity index (χ3v) is 2.27. The topological polar surface area (TPSA) is 52.3 Å². The van der Waals surface area contributed by atoms with Crippen LogP contribution in [0.15, 0.2) is 24.3 Å². The number of hydrogen-bond acceptors (Lipinski definition) is 3. The van der Waals surface area contributed by atoms with Gasteiger partial charge in [0.1, 0.15) is 5.75 Å². The van der Waals surface area contributed by atoms with Crippen LogP contribution in [0.2, 0.25) is 0 Å². The Bertz CT molecular complexity index is 323. The number of ether oxygens (including phenoxy) is 1. The van der Waals surface area contributed by atoms with Crippen molar-refractivity contribution in [3.05, 3.63) is 29.8 Å². The van der Waals surface area contributed by atoms with E-state index >= 15 is 0 Å². The molecular formula is C12H17NO2. The molecule has 0 spiro atoms. The summed E-state index contributed by atoms with van der Waals surface area (Å²) in [6.07, 6.45) is 2.27. The molecule has 0 aliphatic heterocycles. The van der Waals surface area contributed by atoms with Crippen LogP contribution in [0.4, 0.5) is 0 Å². The smallest absolute Gasteiger partial charge is 0.166 e. The predicted octanol–water partition coefficient (Wildman–Crippen LogP) is 2.01. The van der Waals surface area contributed by atoms with Gasteiger partial charge in [-0.1, -0.05) is 12.1 Å². The van der Waals surface area contributed by atoms with Crippen molar-refractivity contribution in [3.8, 4) is 5.75 Å². The lowest BCUT2D eigenvalue weighted by Crippen LogP contribution is -2.04. The molecule has 2 N–H and O–H groups in total. The number of nitrogens with two attached hydrogens (primary N) is 1. The zero-order valence-electron chi connectivity index (χ0n) is 9.03. The van der Waals surface area contributed by atoms with Gasteiger partial charge in [-0.3, -0.25) is 4.79 Å². The van der Waals surface area contributed by atoms with E-state index in [1.165, 1.54) is 0 Å². The van der Waals surface area contributed by atoms with Gasteiger partial charge in [-0.15, -0.1) is 0 Å². The molecule has 0 atom stereocenters. The van der Waals surface area contributed by atoms with Crippen LogP contribution in [-0.2, 0) is 0 Å². The number of ketones is 1. The number of unbranched alkanes of at least 4 members (excludes halogenated alkanes) is 1. The summed E-state index contributed by atoms with van der Waals surface area (Å²) in [4.78, 5) is 11.8. The molecule has 1 rings (SSSR count). The molecule has 0 bridgehead atoms. The first-order chi connectivity index (χ1) is 7.29. The summed E-state index contributed by atoms with van der Waals surface area (Å²) in [6, 6.07) is 7.30.